The zero-order chi connectivity index (χ0) is 24.1. The van der Waals surface area contributed by atoms with Crippen molar-refractivity contribution in [1.82, 2.24) is 19.9 Å². The van der Waals surface area contributed by atoms with Crippen molar-refractivity contribution >= 4 is 51.3 Å². The third-order valence-electron chi connectivity index (χ3n) is 5.41. The van der Waals surface area contributed by atoms with Crippen LogP contribution in [0.25, 0.3) is 0 Å². The Kier molecular flexibility index (Phi) is 7.91. The van der Waals surface area contributed by atoms with Gasteiger partial charge in [-0.1, -0.05) is 35.1 Å². The second-order valence-electron chi connectivity index (χ2n) is 7.75. The first-order chi connectivity index (χ1) is 16.5. The Labute approximate surface area is 206 Å². The number of rotatable bonds is 8. The molecular weight excluding hydrogens is 478 g/mol. The standard InChI is InChI=1S/C22H26ClN7O3S/c1-14-25-18(11-19(26-14)30-7-5-29(6-8-30)9-10-31)27-22-24-12-17(34-22)21(33)28-20-15(13-32)3-2-4-16(20)23/h2-4,11-12,31-32H,5-10,13H2,1H3,(H,28,33)(H,24,25,26,27). The lowest BCUT2D eigenvalue weighted by Crippen LogP contribution is -2.47. The van der Waals surface area contributed by atoms with Crippen LogP contribution in [0.5, 0.6) is 0 Å². The summed E-state index contributed by atoms with van der Waals surface area (Å²) in [4.78, 5) is 30.8. The van der Waals surface area contributed by atoms with Gasteiger partial charge in [0.1, 0.15) is 22.3 Å². The number of thiazole rings is 1. The summed E-state index contributed by atoms with van der Waals surface area (Å²) in [5.41, 5.74) is 0.916. The van der Waals surface area contributed by atoms with Crippen LogP contribution < -0.4 is 15.5 Å². The van der Waals surface area contributed by atoms with E-state index in [4.69, 9.17) is 16.7 Å². The van der Waals surface area contributed by atoms with Crippen molar-refractivity contribution in [3.63, 3.8) is 0 Å². The number of amides is 1. The number of halogens is 1. The second-order valence-corrected chi connectivity index (χ2v) is 9.19. The van der Waals surface area contributed by atoms with E-state index in [1.54, 1.807) is 18.2 Å². The van der Waals surface area contributed by atoms with Crippen LogP contribution in [-0.2, 0) is 6.61 Å². The second kappa shape index (κ2) is 11.1. The normalized spacial score (nSPS) is 14.3. The van der Waals surface area contributed by atoms with Crippen molar-refractivity contribution in [1.29, 1.82) is 0 Å². The Balaban J connectivity index is 1.44. The van der Waals surface area contributed by atoms with Crippen molar-refractivity contribution in [2.24, 2.45) is 0 Å². The molecule has 1 aliphatic rings. The molecule has 3 heterocycles. The molecule has 0 saturated carbocycles. The van der Waals surface area contributed by atoms with Crippen molar-refractivity contribution in [2.45, 2.75) is 13.5 Å². The van der Waals surface area contributed by atoms with E-state index in [1.165, 1.54) is 17.5 Å². The van der Waals surface area contributed by atoms with Gasteiger partial charge >= 0.3 is 0 Å². The van der Waals surface area contributed by atoms with E-state index in [0.29, 0.717) is 44.5 Å². The Hall–Kier alpha value is -2.83. The molecule has 3 aromatic rings. The van der Waals surface area contributed by atoms with Gasteiger partial charge < -0.3 is 25.7 Å². The number of nitrogens with zero attached hydrogens (tertiary/aromatic N) is 5. The van der Waals surface area contributed by atoms with Gasteiger partial charge in [-0.3, -0.25) is 9.69 Å². The quantitative estimate of drug-likeness (QED) is 0.366. The lowest BCUT2D eigenvalue weighted by molar-refractivity contribution is 0.103. The zero-order valence-corrected chi connectivity index (χ0v) is 20.2. The number of aliphatic hydroxyl groups is 2. The van der Waals surface area contributed by atoms with Gasteiger partial charge in [0, 0.05) is 44.4 Å². The first kappa shape index (κ1) is 24.3. The van der Waals surface area contributed by atoms with Crippen LogP contribution in [-0.4, -0.2) is 75.3 Å². The molecule has 10 nitrogen and oxygen atoms in total. The number of aliphatic hydroxyl groups excluding tert-OH is 2. The molecule has 1 aromatic carbocycles. The molecule has 0 bridgehead atoms. The Bertz CT molecular complexity index is 1150. The molecule has 1 saturated heterocycles. The summed E-state index contributed by atoms with van der Waals surface area (Å²) in [5.74, 6) is 1.68. The first-order valence-corrected chi connectivity index (χ1v) is 12.0. The maximum absolute atomic E-state index is 12.7. The molecular formula is C22H26ClN7O3S. The van der Waals surface area contributed by atoms with E-state index in [1.807, 2.05) is 13.0 Å². The van der Waals surface area contributed by atoms with E-state index in [0.717, 1.165) is 32.0 Å². The van der Waals surface area contributed by atoms with Gasteiger partial charge in [0.25, 0.3) is 5.91 Å². The molecule has 1 amide bonds. The van der Waals surface area contributed by atoms with E-state index >= 15 is 0 Å². The Morgan fingerprint density at radius 1 is 1.21 bits per heavy atom. The van der Waals surface area contributed by atoms with Crippen LogP contribution in [0, 0.1) is 6.92 Å². The van der Waals surface area contributed by atoms with Crippen LogP contribution in [0.2, 0.25) is 5.02 Å². The van der Waals surface area contributed by atoms with Crippen molar-refractivity contribution in [3.05, 3.63) is 51.7 Å². The predicted octanol–water partition coefficient (Wildman–Crippen LogP) is 2.50. The fourth-order valence-electron chi connectivity index (χ4n) is 3.68. The van der Waals surface area contributed by atoms with Gasteiger partial charge in [0.15, 0.2) is 5.13 Å². The van der Waals surface area contributed by atoms with Crippen molar-refractivity contribution in [3.8, 4) is 0 Å². The highest BCUT2D eigenvalue weighted by Crippen LogP contribution is 2.29. The first-order valence-electron chi connectivity index (χ1n) is 10.8. The number of carbonyl (C=O) groups excluding carboxylic acids is 1. The van der Waals surface area contributed by atoms with E-state index in [-0.39, 0.29) is 19.1 Å². The molecule has 0 atom stereocenters. The number of piperazine rings is 1. The molecule has 0 spiro atoms. The number of aryl methyl sites for hydroxylation is 1. The summed E-state index contributed by atoms with van der Waals surface area (Å²) in [5, 5.41) is 25.4. The maximum atomic E-state index is 12.7. The summed E-state index contributed by atoms with van der Waals surface area (Å²) >= 11 is 7.37. The average molecular weight is 504 g/mol. The zero-order valence-electron chi connectivity index (χ0n) is 18.7. The van der Waals surface area contributed by atoms with Gasteiger partial charge in [-0.15, -0.1) is 0 Å². The molecule has 0 aliphatic carbocycles. The SMILES string of the molecule is Cc1nc(Nc2ncc(C(=O)Nc3c(Cl)cccc3CO)s2)cc(N2CCN(CCO)CC2)n1. The van der Waals surface area contributed by atoms with Crippen LogP contribution in [0.15, 0.2) is 30.5 Å². The number of β-amino-alcohol motifs (C(OH)–C–C–N with tert-alkyl or cyclic N) is 1. The highest BCUT2D eigenvalue weighted by atomic mass is 35.5. The van der Waals surface area contributed by atoms with Gasteiger partial charge in [0.05, 0.1) is 30.1 Å². The molecule has 4 N–H and O–H groups in total. The molecule has 2 aromatic heterocycles. The van der Waals surface area contributed by atoms with Gasteiger partial charge in [-0.2, -0.15) is 0 Å². The van der Waals surface area contributed by atoms with Gasteiger partial charge in [-0.25, -0.2) is 15.0 Å². The third kappa shape index (κ3) is 5.80. The molecule has 1 aliphatic heterocycles. The largest absolute Gasteiger partial charge is 0.395 e. The minimum atomic E-state index is -0.367. The molecule has 0 radical (unpaired) electrons. The number of para-hydroxylation sites is 1. The smallest absolute Gasteiger partial charge is 0.267 e. The van der Waals surface area contributed by atoms with Gasteiger partial charge in [0.2, 0.25) is 0 Å². The van der Waals surface area contributed by atoms with Gasteiger partial charge in [-0.05, 0) is 13.0 Å². The summed E-state index contributed by atoms with van der Waals surface area (Å²) in [6, 6.07) is 6.93. The molecule has 180 valence electrons. The number of carbonyl (C=O) groups is 1. The highest BCUT2D eigenvalue weighted by Gasteiger charge is 2.19. The van der Waals surface area contributed by atoms with E-state index in [2.05, 4.69) is 35.4 Å². The number of nitrogens with one attached hydrogen (secondary N) is 2. The van der Waals surface area contributed by atoms with Crippen molar-refractivity contribution in [2.75, 3.05) is 54.9 Å². The summed E-state index contributed by atoms with van der Waals surface area (Å²) in [6.07, 6.45) is 1.48. The fourth-order valence-corrected chi connectivity index (χ4v) is 4.64. The van der Waals surface area contributed by atoms with Crippen LogP contribution >= 0.6 is 22.9 Å². The van der Waals surface area contributed by atoms with Crippen LogP contribution in [0.4, 0.5) is 22.5 Å². The third-order valence-corrected chi connectivity index (χ3v) is 6.64. The highest BCUT2D eigenvalue weighted by molar-refractivity contribution is 7.17. The van der Waals surface area contributed by atoms with Crippen molar-refractivity contribution < 1.29 is 15.0 Å². The molecule has 4 rings (SSSR count). The molecule has 12 heteroatoms. The minimum Gasteiger partial charge on any atom is -0.395 e. The van der Waals surface area contributed by atoms with E-state index in [9.17, 15) is 9.90 Å². The summed E-state index contributed by atoms with van der Waals surface area (Å²) in [7, 11) is 0. The maximum Gasteiger partial charge on any atom is 0.267 e. The summed E-state index contributed by atoms with van der Waals surface area (Å²) < 4.78 is 0. The number of anilines is 4. The predicted molar refractivity (Wildman–Crippen MR) is 133 cm³/mol. The van der Waals surface area contributed by atoms with Crippen LogP contribution in [0.3, 0.4) is 0 Å². The fraction of sp³-hybridized carbons (Fsp3) is 0.364. The lowest BCUT2D eigenvalue weighted by Gasteiger charge is -2.35. The summed E-state index contributed by atoms with van der Waals surface area (Å²) in [6.45, 7) is 5.79. The average Bonchev–Trinajstić information content (AvgIpc) is 3.29. The topological polar surface area (TPSA) is 127 Å². The molecule has 0 unspecified atom stereocenters. The minimum absolute atomic E-state index is 0.162. The Morgan fingerprint density at radius 3 is 2.74 bits per heavy atom. The number of hydrogen-bond donors (Lipinski definition) is 4. The Morgan fingerprint density at radius 2 is 2.00 bits per heavy atom. The lowest BCUT2D eigenvalue weighted by atomic mass is 10.2. The van der Waals surface area contributed by atoms with E-state index < -0.39 is 0 Å². The number of aromatic nitrogens is 3. The van der Waals surface area contributed by atoms with Crippen LogP contribution in [0.1, 0.15) is 21.1 Å². The number of benzene rings is 1. The monoisotopic (exact) mass is 503 g/mol. The number of hydrogen-bond acceptors (Lipinski definition) is 10. The molecule has 34 heavy (non-hydrogen) atoms. The molecule has 1 fully saturated rings.